The summed E-state index contributed by atoms with van der Waals surface area (Å²) in [5, 5.41) is 40.3. The molecular formula is C78H45N5O5. The standard InChI is InChI=1S/C78H45N5O5/c1-34-63-52-23-17-45-43-14-13-42-39-12-11-38(84-79)33-58(39)51-16-15-44(70(43)69(42)51)46-18-24-53(74(52)71(45)46)64(63)35(2)66-55-26-20-48-50-22-28-57-76-56(27-21-49(73(50)76)47-19-25-54(65(34)66)75(55)72(47)48)77-67(36-10-30-60(87-82-3)61(31-36)86-81)40-7-5-6-8-41(40)68(78(57)77)37-9-29-59(85-80)62(32-37)88-83-4/h5-33H,3-4,79-81H2,1-2H3. The fourth-order valence-electron chi connectivity index (χ4n) is 17.3. The molecule has 0 saturated heterocycles. The van der Waals surface area contributed by atoms with Gasteiger partial charge in [-0.3, -0.25) is 0 Å². The maximum absolute atomic E-state index is 5.96. The summed E-state index contributed by atoms with van der Waals surface area (Å²) >= 11 is 0. The predicted molar refractivity (Wildman–Crippen MR) is 363 cm³/mol. The van der Waals surface area contributed by atoms with Crippen molar-refractivity contribution in [3.63, 3.8) is 0 Å². The van der Waals surface area contributed by atoms with Gasteiger partial charge in [-0.15, -0.1) is 0 Å². The Hall–Kier alpha value is -11.4. The highest BCUT2D eigenvalue weighted by molar-refractivity contribution is 6.49. The Labute approximate surface area is 499 Å². The Balaban J connectivity index is 0.838. The Morgan fingerprint density at radius 3 is 1.09 bits per heavy atom. The zero-order valence-electron chi connectivity index (χ0n) is 47.3. The Morgan fingerprint density at radius 2 is 0.636 bits per heavy atom. The van der Waals surface area contributed by atoms with Gasteiger partial charge in [-0.05, 0) is 274 Å². The van der Waals surface area contributed by atoms with Gasteiger partial charge in [-0.2, -0.15) is 17.7 Å². The Morgan fingerprint density at radius 1 is 0.273 bits per heavy atom. The van der Waals surface area contributed by atoms with Gasteiger partial charge in [0.05, 0.1) is 0 Å². The summed E-state index contributed by atoms with van der Waals surface area (Å²) in [7, 11) is 0. The van der Waals surface area contributed by atoms with Gasteiger partial charge in [0.15, 0.2) is 11.5 Å². The van der Waals surface area contributed by atoms with Crippen LogP contribution in [0.2, 0.25) is 0 Å². The van der Waals surface area contributed by atoms with E-state index in [1.165, 1.54) is 157 Å². The van der Waals surface area contributed by atoms with Crippen molar-refractivity contribution in [1.82, 2.24) is 0 Å². The molecule has 0 spiro atoms. The number of hydrogen-bond acceptors (Lipinski definition) is 10. The van der Waals surface area contributed by atoms with Crippen molar-refractivity contribution in [2.75, 3.05) is 0 Å². The first kappa shape index (κ1) is 47.9. The van der Waals surface area contributed by atoms with E-state index in [0.717, 1.165) is 60.8 Å². The second-order valence-corrected chi connectivity index (χ2v) is 23.9. The summed E-state index contributed by atoms with van der Waals surface area (Å²) in [6.45, 7) is 11.9. The topological polar surface area (TPSA) is 149 Å². The van der Waals surface area contributed by atoms with Crippen LogP contribution in [0.5, 0.6) is 28.7 Å². The molecule has 0 fully saturated rings. The van der Waals surface area contributed by atoms with Crippen molar-refractivity contribution in [2.24, 2.45) is 28.0 Å². The smallest absolute Gasteiger partial charge is 0.202 e. The molecule has 2 aliphatic rings. The summed E-state index contributed by atoms with van der Waals surface area (Å²) in [4.78, 5) is 27.2. The molecule has 10 heteroatoms. The van der Waals surface area contributed by atoms with Crippen LogP contribution in [0.15, 0.2) is 186 Å². The largest absolute Gasteiger partial charge is 0.412 e. The first-order chi connectivity index (χ1) is 43.3. The molecule has 0 saturated carbocycles. The monoisotopic (exact) mass is 1130 g/mol. The van der Waals surface area contributed by atoms with Gasteiger partial charge in [0.1, 0.15) is 5.75 Å². The van der Waals surface area contributed by atoms with Gasteiger partial charge in [0.25, 0.3) is 0 Å². The zero-order valence-corrected chi connectivity index (χ0v) is 47.3. The minimum absolute atomic E-state index is 0.322. The Kier molecular flexibility index (Phi) is 8.99. The molecule has 0 bridgehead atoms. The zero-order chi connectivity index (χ0) is 58.4. The number of oxime groups is 2. The molecule has 88 heavy (non-hydrogen) atoms. The summed E-state index contributed by atoms with van der Waals surface area (Å²) < 4.78 is 0. The predicted octanol–water partition coefficient (Wildman–Crippen LogP) is 19.4. The number of nitrogens with two attached hydrogens (primary N) is 3. The van der Waals surface area contributed by atoms with E-state index in [2.05, 4.69) is 171 Å². The molecular weight excluding hydrogens is 1090 g/mol. The molecule has 0 atom stereocenters. The van der Waals surface area contributed by atoms with Crippen LogP contribution >= 0.6 is 0 Å². The van der Waals surface area contributed by atoms with Crippen LogP contribution in [-0.2, 0) is 0 Å². The van der Waals surface area contributed by atoms with Crippen LogP contribution < -0.4 is 41.9 Å². The average molecular weight is 1130 g/mol. The van der Waals surface area contributed by atoms with Crippen LogP contribution in [0.1, 0.15) is 11.1 Å². The molecule has 20 rings (SSSR count). The van der Waals surface area contributed by atoms with Crippen molar-refractivity contribution in [3.05, 3.63) is 187 Å². The molecule has 6 N–H and O–H groups in total. The second-order valence-electron chi connectivity index (χ2n) is 23.9. The lowest BCUT2D eigenvalue weighted by Gasteiger charge is -2.21. The number of benzene rings is 16. The van der Waals surface area contributed by atoms with Gasteiger partial charge >= 0.3 is 0 Å². The second kappa shape index (κ2) is 16.5. The first-order valence-corrected chi connectivity index (χ1v) is 29.3. The molecule has 18 aromatic rings. The lowest BCUT2D eigenvalue weighted by molar-refractivity contribution is 0.286. The van der Waals surface area contributed by atoms with Crippen LogP contribution in [0, 0.1) is 13.8 Å². The molecule has 0 heterocycles. The molecule has 18 aromatic carbocycles. The lowest BCUT2D eigenvalue weighted by Crippen LogP contribution is -2.04. The highest BCUT2D eigenvalue weighted by atomic mass is 16.7. The highest BCUT2D eigenvalue weighted by Gasteiger charge is 2.35. The van der Waals surface area contributed by atoms with Gasteiger partial charge in [0, 0.05) is 13.4 Å². The minimum atomic E-state index is 0.322. The number of aryl methyl sites for hydroxylation is 2. The molecule has 412 valence electrons. The third-order valence-electron chi connectivity index (χ3n) is 20.4. The number of fused-ring (bicyclic) bond motifs is 17. The summed E-state index contributed by atoms with van der Waals surface area (Å²) in [6.07, 6.45) is 0. The van der Waals surface area contributed by atoms with Crippen molar-refractivity contribution in [3.8, 4) is 95.5 Å². The van der Waals surface area contributed by atoms with Gasteiger partial charge in [-0.25, -0.2) is 0 Å². The maximum Gasteiger partial charge on any atom is 0.202 e. The van der Waals surface area contributed by atoms with Crippen LogP contribution in [-0.4, -0.2) is 13.4 Å². The molecule has 2 aliphatic carbocycles. The average Bonchev–Trinajstić information content (AvgIpc) is 1.50. The Bertz CT molecular complexity index is 6170. The van der Waals surface area contributed by atoms with Crippen LogP contribution in [0.25, 0.3) is 207 Å². The quantitative estimate of drug-likeness (QED) is 0.0560. The number of rotatable bonds is 9. The molecule has 0 unspecified atom stereocenters. The van der Waals surface area contributed by atoms with E-state index in [9.17, 15) is 0 Å². The molecule has 10 nitrogen and oxygen atoms in total. The summed E-state index contributed by atoms with van der Waals surface area (Å²) in [6, 6.07) is 64.0. The lowest BCUT2D eigenvalue weighted by atomic mass is 9.82. The third-order valence-corrected chi connectivity index (χ3v) is 20.4. The molecule has 0 amide bonds. The number of nitrogens with zero attached hydrogens (tertiary/aromatic N) is 2. The van der Waals surface area contributed by atoms with E-state index < -0.39 is 0 Å². The van der Waals surface area contributed by atoms with E-state index in [0.29, 0.717) is 28.7 Å². The highest BCUT2D eigenvalue weighted by Crippen LogP contribution is 2.62. The minimum Gasteiger partial charge on any atom is -0.412 e. The fourth-order valence-corrected chi connectivity index (χ4v) is 17.3. The third kappa shape index (κ3) is 5.52. The molecule has 0 radical (unpaired) electrons. The van der Waals surface area contributed by atoms with Crippen molar-refractivity contribution in [1.29, 1.82) is 0 Å². The normalized spacial score (nSPS) is 12.7. The van der Waals surface area contributed by atoms with E-state index in [-0.39, 0.29) is 0 Å². The van der Waals surface area contributed by atoms with E-state index in [1.807, 2.05) is 42.5 Å². The van der Waals surface area contributed by atoms with E-state index in [4.69, 9.17) is 41.9 Å². The maximum atomic E-state index is 5.96. The van der Waals surface area contributed by atoms with Crippen LogP contribution in [0.3, 0.4) is 0 Å². The van der Waals surface area contributed by atoms with Crippen molar-refractivity contribution < 1.29 is 24.2 Å². The van der Waals surface area contributed by atoms with Crippen LogP contribution in [0.4, 0.5) is 0 Å². The SMILES string of the molecule is C=NOc1ccc(-c2c3c(c(-c4ccc(ON)c(ON=C)c4)c4ccccc24)-c2ccc4c5ccc6c7c(C)c8c9ccc%10c%11ccc%12c%13c(ccc(c%14ccc(c8c(C)c7c7ccc(c8ccc-3c2c84)c5c76)c9c%14%10)c%13%11)-c2ccc(ON)cc2-%12)cc1ON. The van der Waals surface area contributed by atoms with E-state index in [1.54, 1.807) is 0 Å². The summed E-state index contributed by atoms with van der Waals surface area (Å²) in [5.74, 6) is 19.4. The molecule has 0 aromatic heterocycles. The fraction of sp³-hybridized carbons (Fsp3) is 0.0256. The number of hydrogen-bond donors (Lipinski definition) is 3. The molecule has 0 aliphatic heterocycles. The summed E-state index contributed by atoms with van der Waals surface area (Å²) in [5.41, 5.74) is 15.7. The van der Waals surface area contributed by atoms with Gasteiger partial charge < -0.3 is 24.2 Å². The van der Waals surface area contributed by atoms with Gasteiger partial charge in [0.2, 0.25) is 11.5 Å². The van der Waals surface area contributed by atoms with Crippen molar-refractivity contribution in [2.45, 2.75) is 13.8 Å². The first-order valence-electron chi connectivity index (χ1n) is 29.3. The van der Waals surface area contributed by atoms with Crippen molar-refractivity contribution >= 4 is 153 Å². The van der Waals surface area contributed by atoms with Gasteiger partial charge in [-0.1, -0.05) is 144 Å². The van der Waals surface area contributed by atoms with E-state index >= 15 is 0 Å².